The minimum atomic E-state index is -0.625. The molecule has 0 heterocycles. The van der Waals surface area contributed by atoms with Crippen LogP contribution in [-0.4, -0.2) is 44.3 Å². The largest absolute Gasteiger partial charge is 0.383 e. The van der Waals surface area contributed by atoms with E-state index < -0.39 is 6.67 Å². The van der Waals surface area contributed by atoms with Gasteiger partial charge in [-0.1, -0.05) is 31.2 Å². The van der Waals surface area contributed by atoms with Gasteiger partial charge in [-0.25, -0.2) is 4.39 Å². The summed E-state index contributed by atoms with van der Waals surface area (Å²) in [6.45, 7) is 4.94. The molecule has 1 unspecified atom stereocenters. The number of likely N-dealkylation sites (N-methyl/N-ethyl adjacent to an activating group) is 1. The Labute approximate surface area is 120 Å². The fourth-order valence-electron chi connectivity index (χ4n) is 2.09. The molecule has 112 valence electrons. The molecule has 0 radical (unpaired) electrons. The molecule has 0 N–H and O–H groups in total. The van der Waals surface area contributed by atoms with Crippen molar-refractivity contribution < 1.29 is 13.9 Å². The van der Waals surface area contributed by atoms with Crippen LogP contribution in [0.1, 0.15) is 20.3 Å². The maximum absolute atomic E-state index is 13.2. The van der Waals surface area contributed by atoms with Crippen molar-refractivity contribution in [2.45, 2.75) is 20.3 Å². The number of carbonyl (C=O) groups is 1. The Morgan fingerprint density at radius 3 is 2.60 bits per heavy atom. The van der Waals surface area contributed by atoms with Crippen molar-refractivity contribution in [3.8, 4) is 0 Å². The van der Waals surface area contributed by atoms with Crippen molar-refractivity contribution in [2.75, 3.05) is 33.5 Å². The maximum Gasteiger partial charge on any atom is 0.254 e. The van der Waals surface area contributed by atoms with Gasteiger partial charge in [-0.05, 0) is 24.8 Å². The van der Waals surface area contributed by atoms with E-state index in [4.69, 9.17) is 4.74 Å². The van der Waals surface area contributed by atoms with Crippen LogP contribution in [0.25, 0.3) is 0 Å². The zero-order chi connectivity index (χ0) is 15.0. The highest BCUT2D eigenvalue weighted by Crippen LogP contribution is 2.20. The van der Waals surface area contributed by atoms with Crippen LogP contribution in [0.15, 0.2) is 35.5 Å². The zero-order valence-electron chi connectivity index (χ0n) is 12.6. The summed E-state index contributed by atoms with van der Waals surface area (Å²) in [6.07, 6.45) is 8.37. The molecular formula is C16H24FNO2. The Morgan fingerprint density at radius 1 is 1.35 bits per heavy atom. The van der Waals surface area contributed by atoms with E-state index in [1.165, 1.54) is 0 Å². The van der Waals surface area contributed by atoms with Gasteiger partial charge in [0.2, 0.25) is 0 Å². The first-order chi connectivity index (χ1) is 9.67. The minimum Gasteiger partial charge on any atom is -0.383 e. The summed E-state index contributed by atoms with van der Waals surface area (Å²) in [6, 6.07) is 0. The average molecular weight is 281 g/mol. The summed E-state index contributed by atoms with van der Waals surface area (Å²) in [5.41, 5.74) is 0.913. The third kappa shape index (κ3) is 4.30. The summed E-state index contributed by atoms with van der Waals surface area (Å²) in [7, 11) is 1.60. The van der Waals surface area contributed by atoms with Crippen LogP contribution < -0.4 is 0 Å². The Morgan fingerprint density at radius 2 is 2.05 bits per heavy atom. The summed E-state index contributed by atoms with van der Waals surface area (Å²) < 4.78 is 18.2. The van der Waals surface area contributed by atoms with Gasteiger partial charge in [0.05, 0.1) is 6.61 Å². The summed E-state index contributed by atoms with van der Waals surface area (Å²) >= 11 is 0. The van der Waals surface area contributed by atoms with Gasteiger partial charge >= 0.3 is 0 Å². The number of hydrogen-bond donors (Lipinski definition) is 0. The molecule has 1 rings (SSSR count). The molecule has 0 aromatic heterocycles. The van der Waals surface area contributed by atoms with Crippen molar-refractivity contribution >= 4 is 5.91 Å². The van der Waals surface area contributed by atoms with Gasteiger partial charge in [0.15, 0.2) is 0 Å². The van der Waals surface area contributed by atoms with Crippen molar-refractivity contribution in [3.05, 3.63) is 35.5 Å². The second kappa shape index (κ2) is 8.69. The number of amides is 1. The topological polar surface area (TPSA) is 29.5 Å². The summed E-state index contributed by atoms with van der Waals surface area (Å²) in [5.74, 6) is 0.130. The Kier molecular flexibility index (Phi) is 7.23. The van der Waals surface area contributed by atoms with Gasteiger partial charge in [0.1, 0.15) is 6.67 Å². The molecule has 0 saturated carbocycles. The number of hydrogen-bond acceptors (Lipinski definition) is 2. The lowest BCUT2D eigenvalue weighted by Crippen LogP contribution is -2.34. The molecule has 1 atom stereocenters. The van der Waals surface area contributed by atoms with Gasteiger partial charge in [0.25, 0.3) is 5.91 Å². The fourth-order valence-corrected chi connectivity index (χ4v) is 2.09. The smallest absolute Gasteiger partial charge is 0.254 e. The first kappa shape index (κ1) is 16.6. The lowest BCUT2D eigenvalue weighted by molar-refractivity contribution is -0.127. The SMILES string of the molecule is CCC1C=CC(CF)=C(C(=O)N(CC)CCOC)C=C1. The number of allylic oxidation sites excluding steroid dienone is 4. The monoisotopic (exact) mass is 281 g/mol. The zero-order valence-corrected chi connectivity index (χ0v) is 12.6. The summed E-state index contributed by atoms with van der Waals surface area (Å²) in [5, 5.41) is 0. The van der Waals surface area contributed by atoms with Crippen LogP contribution in [0.5, 0.6) is 0 Å². The number of methoxy groups -OCH3 is 1. The van der Waals surface area contributed by atoms with E-state index >= 15 is 0 Å². The van der Waals surface area contributed by atoms with Crippen LogP contribution in [0.4, 0.5) is 4.39 Å². The highest BCUT2D eigenvalue weighted by Gasteiger charge is 2.19. The van der Waals surface area contributed by atoms with Crippen LogP contribution >= 0.6 is 0 Å². The van der Waals surface area contributed by atoms with E-state index in [0.717, 1.165) is 6.42 Å². The van der Waals surface area contributed by atoms with Crippen LogP contribution in [-0.2, 0) is 9.53 Å². The van der Waals surface area contributed by atoms with Crippen molar-refractivity contribution in [3.63, 3.8) is 0 Å². The minimum absolute atomic E-state index is 0.130. The second-order valence-electron chi connectivity index (χ2n) is 4.74. The molecule has 4 heteroatoms. The molecule has 1 aliphatic rings. The standard InChI is InChI=1S/C16H24FNO2/c1-4-13-6-8-14(12-17)15(9-7-13)16(19)18(5-2)10-11-20-3/h6-9,13H,4-5,10-12H2,1-3H3. The number of halogens is 1. The van der Waals surface area contributed by atoms with E-state index in [0.29, 0.717) is 30.8 Å². The summed E-state index contributed by atoms with van der Waals surface area (Å²) in [4.78, 5) is 14.2. The van der Waals surface area contributed by atoms with Gasteiger partial charge < -0.3 is 9.64 Å². The molecule has 0 saturated heterocycles. The van der Waals surface area contributed by atoms with Gasteiger partial charge in [-0.15, -0.1) is 0 Å². The van der Waals surface area contributed by atoms with E-state index in [-0.39, 0.29) is 11.8 Å². The molecule has 0 fully saturated rings. The Bertz CT molecular complexity index is 413. The van der Waals surface area contributed by atoms with Crippen LogP contribution in [0.2, 0.25) is 0 Å². The number of carbonyl (C=O) groups excluding carboxylic acids is 1. The molecule has 20 heavy (non-hydrogen) atoms. The molecule has 0 aliphatic heterocycles. The molecule has 3 nitrogen and oxygen atoms in total. The third-order valence-corrected chi connectivity index (χ3v) is 3.48. The van der Waals surface area contributed by atoms with Gasteiger partial charge in [0, 0.05) is 25.8 Å². The Hall–Kier alpha value is -1.42. The van der Waals surface area contributed by atoms with E-state index in [2.05, 4.69) is 6.92 Å². The number of ether oxygens (including phenoxy) is 1. The molecular weight excluding hydrogens is 257 g/mol. The predicted molar refractivity (Wildman–Crippen MR) is 79.2 cm³/mol. The normalized spacial score (nSPS) is 18.3. The van der Waals surface area contributed by atoms with Crippen LogP contribution in [0.3, 0.4) is 0 Å². The molecule has 0 aromatic rings. The Balaban J connectivity index is 2.97. The number of nitrogens with zero attached hydrogens (tertiary/aromatic N) is 1. The molecule has 0 spiro atoms. The van der Waals surface area contributed by atoms with Crippen molar-refractivity contribution in [2.24, 2.45) is 5.92 Å². The van der Waals surface area contributed by atoms with E-state index in [1.54, 1.807) is 24.2 Å². The average Bonchev–Trinajstić information content (AvgIpc) is 2.69. The lowest BCUT2D eigenvalue weighted by atomic mass is 10.1. The van der Waals surface area contributed by atoms with E-state index in [1.807, 2.05) is 19.1 Å². The van der Waals surface area contributed by atoms with Crippen LogP contribution in [0, 0.1) is 5.92 Å². The maximum atomic E-state index is 13.2. The molecule has 0 aromatic carbocycles. The van der Waals surface area contributed by atoms with E-state index in [9.17, 15) is 9.18 Å². The van der Waals surface area contributed by atoms with Crippen molar-refractivity contribution in [1.82, 2.24) is 4.90 Å². The number of rotatable bonds is 7. The molecule has 0 bridgehead atoms. The highest BCUT2D eigenvalue weighted by atomic mass is 19.1. The molecule has 1 aliphatic carbocycles. The quantitative estimate of drug-likeness (QED) is 0.718. The number of alkyl halides is 1. The van der Waals surface area contributed by atoms with Crippen molar-refractivity contribution in [1.29, 1.82) is 0 Å². The van der Waals surface area contributed by atoms with Gasteiger partial charge in [-0.3, -0.25) is 4.79 Å². The predicted octanol–water partition coefficient (Wildman–Crippen LogP) is 2.90. The first-order valence-electron chi connectivity index (χ1n) is 7.11. The second-order valence-corrected chi connectivity index (χ2v) is 4.74. The highest BCUT2D eigenvalue weighted by molar-refractivity contribution is 5.97. The lowest BCUT2D eigenvalue weighted by Gasteiger charge is -2.21. The van der Waals surface area contributed by atoms with Gasteiger partial charge in [-0.2, -0.15) is 0 Å². The first-order valence-corrected chi connectivity index (χ1v) is 7.11. The third-order valence-electron chi connectivity index (χ3n) is 3.48. The fraction of sp³-hybridized carbons (Fsp3) is 0.562. The molecule has 1 amide bonds.